The van der Waals surface area contributed by atoms with Crippen LogP contribution in [0.15, 0.2) is 42.4 Å². The Morgan fingerprint density at radius 3 is 2.46 bits per heavy atom. The van der Waals surface area contributed by atoms with Gasteiger partial charge in [-0.05, 0) is 30.5 Å². The summed E-state index contributed by atoms with van der Waals surface area (Å²) in [6.45, 7) is 6.06. The molecule has 0 spiro atoms. The zero-order valence-corrected chi connectivity index (χ0v) is 17.1. The normalized spacial score (nSPS) is 29.2. The second-order valence-electron chi connectivity index (χ2n) is 7.25. The van der Waals surface area contributed by atoms with Gasteiger partial charge in [0.25, 0.3) is 0 Å². The number of Topliss-reactive ketones (excluding diaryl/α,β-unsaturated/α-hetero) is 1. The molecule has 0 aromatic heterocycles. The fourth-order valence-corrected chi connectivity index (χ4v) is 4.47. The minimum Gasteiger partial charge on any atom is -0.493 e. The van der Waals surface area contributed by atoms with Gasteiger partial charge in [0, 0.05) is 18.4 Å². The lowest BCUT2D eigenvalue weighted by molar-refractivity contribution is -0.132. The molecule has 28 heavy (non-hydrogen) atoms. The number of fused-ring (bicyclic) bond motifs is 1. The maximum atomic E-state index is 12.8. The first-order valence-corrected chi connectivity index (χ1v) is 9.32. The van der Waals surface area contributed by atoms with Crippen molar-refractivity contribution in [2.45, 2.75) is 32.0 Å². The molecule has 1 aliphatic heterocycles. The van der Waals surface area contributed by atoms with Gasteiger partial charge < -0.3 is 23.7 Å². The van der Waals surface area contributed by atoms with E-state index in [9.17, 15) is 4.79 Å². The van der Waals surface area contributed by atoms with Gasteiger partial charge in [-0.15, -0.1) is 6.58 Å². The van der Waals surface area contributed by atoms with Crippen molar-refractivity contribution in [3.63, 3.8) is 0 Å². The zero-order valence-electron chi connectivity index (χ0n) is 17.1. The summed E-state index contributed by atoms with van der Waals surface area (Å²) in [5.74, 6) is 2.02. The second kappa shape index (κ2) is 7.87. The molecular formula is C22H28O6. The van der Waals surface area contributed by atoms with E-state index in [2.05, 4.69) is 13.5 Å². The highest BCUT2D eigenvalue weighted by atomic mass is 16.5. The molecule has 0 N–H and O–H groups in total. The maximum absolute atomic E-state index is 12.8. The summed E-state index contributed by atoms with van der Waals surface area (Å²) in [6, 6.07) is 5.74. The van der Waals surface area contributed by atoms with E-state index in [4.69, 9.17) is 23.7 Å². The third kappa shape index (κ3) is 2.96. The number of allylic oxidation sites excluding steroid dienone is 2. The summed E-state index contributed by atoms with van der Waals surface area (Å²) in [4.78, 5) is 12.8. The SMILES string of the molecule is C=CC[C@]12C[C@@H](OC)C(=O)C(OC)=C1O[C@@H](c1ccc(OC)c(OC)c1)[C@H]2C. The lowest BCUT2D eigenvalue weighted by Crippen LogP contribution is -2.42. The van der Waals surface area contributed by atoms with Crippen LogP contribution in [0.25, 0.3) is 0 Å². The lowest BCUT2D eigenvalue weighted by atomic mass is 9.65. The van der Waals surface area contributed by atoms with Crippen LogP contribution in [-0.2, 0) is 19.0 Å². The van der Waals surface area contributed by atoms with Crippen molar-refractivity contribution >= 4 is 5.78 Å². The summed E-state index contributed by atoms with van der Waals surface area (Å²) < 4.78 is 28.1. The number of hydrogen-bond donors (Lipinski definition) is 0. The number of rotatable bonds is 7. The Hall–Kier alpha value is -2.47. The van der Waals surface area contributed by atoms with E-state index < -0.39 is 11.5 Å². The van der Waals surface area contributed by atoms with Gasteiger partial charge >= 0.3 is 0 Å². The van der Waals surface area contributed by atoms with E-state index in [0.717, 1.165) is 5.56 Å². The molecule has 1 aliphatic carbocycles. The standard InChI is InChI=1S/C22H28O6/c1-7-10-22-12-17(26-5)18(23)20(27-6)21(22)28-19(13(22)2)14-8-9-15(24-3)16(11-14)25-4/h7-9,11,13,17,19H,1,10,12H2,2-6H3/t13-,17-,19-,22-/m1/s1. The van der Waals surface area contributed by atoms with Crippen LogP contribution >= 0.6 is 0 Å². The predicted octanol–water partition coefficient (Wildman–Crippen LogP) is 3.82. The van der Waals surface area contributed by atoms with Crippen molar-refractivity contribution in [2.24, 2.45) is 11.3 Å². The van der Waals surface area contributed by atoms with E-state index >= 15 is 0 Å². The van der Waals surface area contributed by atoms with E-state index in [1.807, 2.05) is 24.3 Å². The fourth-order valence-electron chi connectivity index (χ4n) is 4.47. The molecular weight excluding hydrogens is 360 g/mol. The predicted molar refractivity (Wildman–Crippen MR) is 104 cm³/mol. The van der Waals surface area contributed by atoms with Crippen LogP contribution < -0.4 is 9.47 Å². The third-order valence-corrected chi connectivity index (χ3v) is 6.03. The number of ketones is 1. The van der Waals surface area contributed by atoms with Crippen molar-refractivity contribution in [2.75, 3.05) is 28.4 Å². The average molecular weight is 388 g/mol. The Bertz CT molecular complexity index is 798. The van der Waals surface area contributed by atoms with Gasteiger partial charge in [-0.1, -0.05) is 19.1 Å². The van der Waals surface area contributed by atoms with Crippen molar-refractivity contribution in [3.8, 4) is 11.5 Å². The van der Waals surface area contributed by atoms with Crippen LogP contribution in [-0.4, -0.2) is 40.3 Å². The Morgan fingerprint density at radius 2 is 1.89 bits per heavy atom. The number of hydrogen-bond acceptors (Lipinski definition) is 6. The van der Waals surface area contributed by atoms with Crippen LogP contribution in [0, 0.1) is 11.3 Å². The van der Waals surface area contributed by atoms with E-state index in [1.54, 1.807) is 21.3 Å². The van der Waals surface area contributed by atoms with Crippen molar-refractivity contribution in [1.82, 2.24) is 0 Å². The topological polar surface area (TPSA) is 63.2 Å². The van der Waals surface area contributed by atoms with Gasteiger partial charge in [0.1, 0.15) is 18.0 Å². The molecule has 0 saturated carbocycles. The maximum Gasteiger partial charge on any atom is 0.229 e. The number of carbonyl (C=O) groups excluding carboxylic acids is 1. The smallest absolute Gasteiger partial charge is 0.229 e. The fraction of sp³-hybridized carbons (Fsp3) is 0.500. The molecule has 1 heterocycles. The van der Waals surface area contributed by atoms with Gasteiger partial charge in [0.15, 0.2) is 11.5 Å². The monoisotopic (exact) mass is 388 g/mol. The van der Waals surface area contributed by atoms with Gasteiger partial charge in [0.05, 0.1) is 21.3 Å². The molecule has 1 saturated heterocycles. The van der Waals surface area contributed by atoms with Crippen molar-refractivity contribution in [3.05, 3.63) is 47.9 Å². The van der Waals surface area contributed by atoms with Crippen molar-refractivity contribution < 1.29 is 28.5 Å². The number of carbonyl (C=O) groups is 1. The molecule has 1 aromatic carbocycles. The largest absolute Gasteiger partial charge is 0.493 e. The molecule has 3 rings (SSSR count). The molecule has 0 unspecified atom stereocenters. The van der Waals surface area contributed by atoms with Crippen LogP contribution in [0.5, 0.6) is 11.5 Å². The highest BCUT2D eigenvalue weighted by molar-refractivity contribution is 5.99. The minimum absolute atomic E-state index is 0.0644. The first-order chi connectivity index (χ1) is 13.5. The molecule has 6 nitrogen and oxygen atoms in total. The molecule has 0 amide bonds. The van der Waals surface area contributed by atoms with E-state index in [0.29, 0.717) is 30.1 Å². The quantitative estimate of drug-likeness (QED) is 0.662. The van der Waals surface area contributed by atoms with E-state index in [-0.39, 0.29) is 23.6 Å². The molecule has 0 bridgehead atoms. The minimum atomic E-state index is -0.561. The Labute approximate surface area is 166 Å². The van der Waals surface area contributed by atoms with Crippen LogP contribution in [0.4, 0.5) is 0 Å². The molecule has 1 aromatic rings. The van der Waals surface area contributed by atoms with Gasteiger partial charge in [-0.3, -0.25) is 4.79 Å². The highest BCUT2D eigenvalue weighted by Crippen LogP contribution is 2.60. The Balaban J connectivity index is 2.11. The third-order valence-electron chi connectivity index (χ3n) is 6.03. The molecule has 4 atom stereocenters. The molecule has 2 aliphatic rings. The van der Waals surface area contributed by atoms with Crippen LogP contribution in [0.3, 0.4) is 0 Å². The summed E-state index contributed by atoms with van der Waals surface area (Å²) in [5.41, 5.74) is 0.534. The zero-order chi connectivity index (χ0) is 20.5. The molecule has 1 fully saturated rings. The number of ether oxygens (including phenoxy) is 5. The summed E-state index contributed by atoms with van der Waals surface area (Å²) in [7, 11) is 6.25. The summed E-state index contributed by atoms with van der Waals surface area (Å²) >= 11 is 0. The number of benzene rings is 1. The first-order valence-electron chi connectivity index (χ1n) is 9.32. The lowest BCUT2D eigenvalue weighted by Gasteiger charge is -2.38. The molecule has 6 heteroatoms. The van der Waals surface area contributed by atoms with Gasteiger partial charge in [-0.2, -0.15) is 0 Å². The van der Waals surface area contributed by atoms with Gasteiger partial charge in [-0.25, -0.2) is 0 Å². The Morgan fingerprint density at radius 1 is 1.18 bits per heavy atom. The number of methoxy groups -OCH3 is 4. The first kappa shape index (κ1) is 20.3. The summed E-state index contributed by atoms with van der Waals surface area (Å²) in [5, 5.41) is 0. The van der Waals surface area contributed by atoms with Crippen LogP contribution in [0.2, 0.25) is 0 Å². The van der Waals surface area contributed by atoms with Gasteiger partial charge in [0.2, 0.25) is 11.5 Å². The van der Waals surface area contributed by atoms with Crippen LogP contribution in [0.1, 0.15) is 31.4 Å². The Kier molecular flexibility index (Phi) is 5.70. The molecule has 0 radical (unpaired) electrons. The average Bonchev–Trinajstić information content (AvgIpc) is 2.99. The highest BCUT2D eigenvalue weighted by Gasteiger charge is 2.58. The van der Waals surface area contributed by atoms with Crippen molar-refractivity contribution in [1.29, 1.82) is 0 Å². The van der Waals surface area contributed by atoms with E-state index in [1.165, 1.54) is 7.11 Å². The summed E-state index contributed by atoms with van der Waals surface area (Å²) in [6.07, 6.45) is 2.23. The molecule has 152 valence electrons. The second-order valence-corrected chi connectivity index (χ2v) is 7.25.